The van der Waals surface area contributed by atoms with Gasteiger partial charge in [-0.05, 0) is 19.9 Å². The molecule has 0 aromatic heterocycles. The van der Waals surface area contributed by atoms with Gasteiger partial charge < -0.3 is 4.74 Å². The maximum absolute atomic E-state index is 11.3. The van der Waals surface area contributed by atoms with Crippen molar-refractivity contribution in [1.29, 1.82) is 0 Å². The van der Waals surface area contributed by atoms with Gasteiger partial charge in [0.2, 0.25) is 10.0 Å². The maximum Gasteiger partial charge on any atom is 0.271 e. The highest BCUT2D eigenvalue weighted by molar-refractivity contribution is 7.89. The van der Waals surface area contributed by atoms with Crippen LogP contribution in [0.2, 0.25) is 0 Å². The Morgan fingerprint density at radius 1 is 1.41 bits per heavy atom. The lowest BCUT2D eigenvalue weighted by atomic mass is 10.3. The molecule has 0 aliphatic rings. The van der Waals surface area contributed by atoms with E-state index in [2.05, 4.69) is 0 Å². The fraction of sp³-hybridized carbons (Fsp3) is 0.333. The summed E-state index contributed by atoms with van der Waals surface area (Å²) < 4.78 is 27.8. The molecule has 0 aliphatic carbocycles. The van der Waals surface area contributed by atoms with Crippen molar-refractivity contribution in [3.8, 4) is 5.75 Å². The van der Waals surface area contributed by atoms with E-state index in [1.807, 2.05) is 0 Å². The van der Waals surface area contributed by atoms with Gasteiger partial charge in [-0.2, -0.15) is 0 Å². The first-order valence-electron chi connectivity index (χ1n) is 4.69. The zero-order chi connectivity index (χ0) is 13.2. The van der Waals surface area contributed by atoms with Crippen molar-refractivity contribution in [3.05, 3.63) is 28.3 Å². The molecule has 0 atom stereocenters. The van der Waals surface area contributed by atoms with E-state index in [-0.39, 0.29) is 22.4 Å². The second-order valence-electron chi connectivity index (χ2n) is 3.60. The quantitative estimate of drug-likeness (QED) is 0.641. The highest BCUT2D eigenvalue weighted by atomic mass is 32.2. The molecule has 17 heavy (non-hydrogen) atoms. The van der Waals surface area contributed by atoms with Crippen LogP contribution in [-0.2, 0) is 10.0 Å². The van der Waals surface area contributed by atoms with Crippen LogP contribution in [0.1, 0.15) is 13.8 Å². The first-order chi connectivity index (χ1) is 7.71. The number of hydrogen-bond donors (Lipinski definition) is 1. The van der Waals surface area contributed by atoms with Crippen molar-refractivity contribution < 1.29 is 18.1 Å². The minimum Gasteiger partial charge on any atom is -0.490 e. The molecule has 0 heterocycles. The highest BCUT2D eigenvalue weighted by Crippen LogP contribution is 2.28. The van der Waals surface area contributed by atoms with E-state index in [0.29, 0.717) is 0 Å². The van der Waals surface area contributed by atoms with Gasteiger partial charge >= 0.3 is 0 Å². The number of non-ortho nitro benzene ring substituents is 1. The van der Waals surface area contributed by atoms with Gasteiger partial charge in [0.15, 0.2) is 0 Å². The normalized spacial score (nSPS) is 11.5. The van der Waals surface area contributed by atoms with Crippen LogP contribution in [0.3, 0.4) is 0 Å². The average molecular weight is 260 g/mol. The molecule has 1 rings (SSSR count). The third kappa shape index (κ3) is 3.40. The second kappa shape index (κ2) is 4.68. The summed E-state index contributed by atoms with van der Waals surface area (Å²) in [7, 11) is -4.06. The van der Waals surface area contributed by atoms with Crippen molar-refractivity contribution in [2.24, 2.45) is 5.14 Å². The van der Waals surface area contributed by atoms with E-state index in [1.54, 1.807) is 13.8 Å². The number of primary sulfonamides is 1. The number of nitrogens with two attached hydrogens (primary N) is 1. The topological polar surface area (TPSA) is 113 Å². The van der Waals surface area contributed by atoms with Crippen LogP contribution < -0.4 is 9.88 Å². The molecule has 0 radical (unpaired) electrons. The lowest BCUT2D eigenvalue weighted by Crippen LogP contribution is -2.16. The van der Waals surface area contributed by atoms with E-state index in [9.17, 15) is 18.5 Å². The standard InChI is InChI=1S/C9H12N2O5S/c1-6(2)16-8-4-3-7(11(12)13)5-9(8)17(10,14)15/h3-6H,1-2H3,(H2,10,14,15). The Hall–Kier alpha value is -1.67. The average Bonchev–Trinajstić information content (AvgIpc) is 2.15. The summed E-state index contributed by atoms with van der Waals surface area (Å²) in [4.78, 5) is 9.45. The summed E-state index contributed by atoms with van der Waals surface area (Å²) in [6, 6.07) is 3.26. The van der Waals surface area contributed by atoms with Crippen molar-refractivity contribution in [2.45, 2.75) is 24.8 Å². The molecular formula is C9H12N2O5S. The first-order valence-corrected chi connectivity index (χ1v) is 6.24. The van der Waals surface area contributed by atoms with E-state index >= 15 is 0 Å². The van der Waals surface area contributed by atoms with Crippen LogP contribution in [0.5, 0.6) is 5.75 Å². The Morgan fingerprint density at radius 2 is 2.00 bits per heavy atom. The van der Waals surface area contributed by atoms with E-state index in [4.69, 9.17) is 9.88 Å². The van der Waals surface area contributed by atoms with Gasteiger partial charge in [0.25, 0.3) is 5.69 Å². The van der Waals surface area contributed by atoms with Crippen LogP contribution in [0.4, 0.5) is 5.69 Å². The van der Waals surface area contributed by atoms with Gasteiger partial charge in [-0.1, -0.05) is 0 Å². The minimum atomic E-state index is -4.06. The molecule has 7 nitrogen and oxygen atoms in total. The fourth-order valence-corrected chi connectivity index (χ4v) is 1.87. The summed E-state index contributed by atoms with van der Waals surface area (Å²) in [6.07, 6.45) is -0.267. The zero-order valence-electron chi connectivity index (χ0n) is 9.28. The number of nitro groups is 1. The molecule has 0 bridgehead atoms. The summed E-state index contributed by atoms with van der Waals surface area (Å²) in [6.45, 7) is 3.41. The number of rotatable bonds is 4. The Labute approximate surface area is 98.4 Å². The predicted molar refractivity (Wildman–Crippen MR) is 60.2 cm³/mol. The Balaban J connectivity index is 3.37. The highest BCUT2D eigenvalue weighted by Gasteiger charge is 2.20. The molecule has 0 spiro atoms. The third-order valence-electron chi connectivity index (χ3n) is 1.81. The molecule has 94 valence electrons. The molecule has 1 aromatic carbocycles. The van der Waals surface area contributed by atoms with Crippen molar-refractivity contribution in [2.75, 3.05) is 0 Å². The monoisotopic (exact) mass is 260 g/mol. The smallest absolute Gasteiger partial charge is 0.271 e. The van der Waals surface area contributed by atoms with Crippen LogP contribution in [0.25, 0.3) is 0 Å². The molecule has 8 heteroatoms. The van der Waals surface area contributed by atoms with Crippen molar-refractivity contribution >= 4 is 15.7 Å². The third-order valence-corrected chi connectivity index (χ3v) is 2.74. The molecule has 0 unspecified atom stereocenters. The lowest BCUT2D eigenvalue weighted by molar-refractivity contribution is -0.385. The van der Waals surface area contributed by atoms with Crippen LogP contribution >= 0.6 is 0 Å². The summed E-state index contributed by atoms with van der Waals surface area (Å²) >= 11 is 0. The molecule has 0 amide bonds. The number of benzene rings is 1. The Kier molecular flexibility index (Phi) is 3.69. The van der Waals surface area contributed by atoms with E-state index < -0.39 is 14.9 Å². The molecular weight excluding hydrogens is 248 g/mol. The molecule has 0 saturated heterocycles. The van der Waals surface area contributed by atoms with Crippen molar-refractivity contribution in [1.82, 2.24) is 0 Å². The predicted octanol–water partition coefficient (Wildman–Crippen LogP) is 1.03. The largest absolute Gasteiger partial charge is 0.490 e. The van der Waals surface area contributed by atoms with E-state index in [1.165, 1.54) is 6.07 Å². The van der Waals surface area contributed by atoms with E-state index in [0.717, 1.165) is 12.1 Å². The molecule has 0 saturated carbocycles. The summed E-state index contributed by atoms with van der Waals surface area (Å²) in [5.74, 6) is 0.00750. The summed E-state index contributed by atoms with van der Waals surface area (Å²) in [5, 5.41) is 15.5. The molecule has 2 N–H and O–H groups in total. The SMILES string of the molecule is CC(C)Oc1ccc([N+](=O)[O-])cc1S(N)(=O)=O. The minimum absolute atomic E-state index is 0.00750. The fourth-order valence-electron chi connectivity index (χ4n) is 1.18. The molecule has 0 fully saturated rings. The molecule has 1 aromatic rings. The number of sulfonamides is 1. The maximum atomic E-state index is 11.3. The summed E-state index contributed by atoms with van der Waals surface area (Å²) in [5.41, 5.74) is -0.356. The number of nitro benzene ring substituents is 1. The van der Waals surface area contributed by atoms with Gasteiger partial charge in [-0.3, -0.25) is 10.1 Å². The second-order valence-corrected chi connectivity index (χ2v) is 5.13. The zero-order valence-corrected chi connectivity index (χ0v) is 10.1. The van der Waals surface area contributed by atoms with Gasteiger partial charge in [-0.25, -0.2) is 13.6 Å². The van der Waals surface area contributed by atoms with Gasteiger partial charge in [0.1, 0.15) is 10.6 Å². The number of nitrogens with zero attached hydrogens (tertiary/aromatic N) is 1. The van der Waals surface area contributed by atoms with Crippen LogP contribution in [-0.4, -0.2) is 19.4 Å². The van der Waals surface area contributed by atoms with Crippen LogP contribution in [0, 0.1) is 10.1 Å². The Morgan fingerprint density at radius 3 is 2.41 bits per heavy atom. The first kappa shape index (κ1) is 13.4. The van der Waals surface area contributed by atoms with Gasteiger partial charge in [-0.15, -0.1) is 0 Å². The Bertz CT molecular complexity index is 538. The van der Waals surface area contributed by atoms with Crippen LogP contribution in [0.15, 0.2) is 23.1 Å². The van der Waals surface area contributed by atoms with Gasteiger partial charge in [0, 0.05) is 12.1 Å². The lowest BCUT2D eigenvalue weighted by Gasteiger charge is -2.12. The molecule has 0 aliphatic heterocycles. The number of hydrogen-bond acceptors (Lipinski definition) is 5. The van der Waals surface area contributed by atoms with Gasteiger partial charge in [0.05, 0.1) is 11.0 Å². The number of ether oxygens (including phenoxy) is 1. The van der Waals surface area contributed by atoms with Crippen molar-refractivity contribution in [3.63, 3.8) is 0 Å².